The highest BCUT2D eigenvalue weighted by Crippen LogP contribution is 2.25. The molecule has 0 amide bonds. The molecule has 0 bridgehead atoms. The molecule has 1 heterocycles. The van der Waals surface area contributed by atoms with Gasteiger partial charge in [0.15, 0.2) is 0 Å². The lowest BCUT2D eigenvalue weighted by atomic mass is 10.0. The molecule has 0 saturated heterocycles. The molecule has 3 aromatic rings. The molecule has 0 aliphatic carbocycles. The summed E-state index contributed by atoms with van der Waals surface area (Å²) < 4.78 is 3.13. The Morgan fingerprint density at radius 2 is 1.80 bits per heavy atom. The molecule has 20 heavy (non-hydrogen) atoms. The van der Waals surface area contributed by atoms with E-state index in [1.807, 2.05) is 37.0 Å². The first kappa shape index (κ1) is 13.3. The molecule has 2 N–H and O–H groups in total. The fourth-order valence-corrected chi connectivity index (χ4v) is 2.71. The number of fused-ring (bicyclic) bond motifs is 1. The van der Waals surface area contributed by atoms with Gasteiger partial charge in [-0.15, -0.1) is 0 Å². The SMILES string of the molecule is CC(C)(N)c1cncn1-c1ccc2cc(Br)ccc2c1. The second-order valence-corrected chi connectivity index (χ2v) is 6.46. The van der Waals surface area contributed by atoms with E-state index in [9.17, 15) is 0 Å². The van der Waals surface area contributed by atoms with Crippen LogP contribution in [-0.4, -0.2) is 9.55 Å². The quantitative estimate of drug-likeness (QED) is 0.772. The predicted molar refractivity (Wildman–Crippen MR) is 86.0 cm³/mol. The molecule has 2 aromatic carbocycles. The van der Waals surface area contributed by atoms with Gasteiger partial charge in [-0.05, 0) is 48.9 Å². The number of nitrogens with zero attached hydrogens (tertiary/aromatic N) is 2. The summed E-state index contributed by atoms with van der Waals surface area (Å²) in [5.41, 5.74) is 7.85. The summed E-state index contributed by atoms with van der Waals surface area (Å²) in [6.45, 7) is 3.97. The zero-order valence-electron chi connectivity index (χ0n) is 11.5. The van der Waals surface area contributed by atoms with Crippen molar-refractivity contribution in [3.05, 3.63) is 59.1 Å². The zero-order chi connectivity index (χ0) is 14.3. The van der Waals surface area contributed by atoms with Crippen LogP contribution in [0.4, 0.5) is 0 Å². The largest absolute Gasteiger partial charge is 0.321 e. The highest BCUT2D eigenvalue weighted by atomic mass is 79.9. The third kappa shape index (κ3) is 2.37. The summed E-state index contributed by atoms with van der Waals surface area (Å²) in [4.78, 5) is 4.23. The molecule has 1 aromatic heterocycles. The Hall–Kier alpha value is -1.65. The minimum atomic E-state index is -0.425. The van der Waals surface area contributed by atoms with Crippen molar-refractivity contribution in [3.63, 3.8) is 0 Å². The molecule has 0 saturated carbocycles. The van der Waals surface area contributed by atoms with E-state index in [1.54, 1.807) is 0 Å². The van der Waals surface area contributed by atoms with Crippen LogP contribution in [0, 0.1) is 0 Å². The average molecular weight is 330 g/mol. The normalized spacial score (nSPS) is 12.0. The molecule has 4 heteroatoms. The molecule has 0 atom stereocenters. The summed E-state index contributed by atoms with van der Waals surface area (Å²) in [6.07, 6.45) is 3.63. The third-order valence-electron chi connectivity index (χ3n) is 3.36. The first-order chi connectivity index (χ1) is 9.45. The van der Waals surface area contributed by atoms with Crippen LogP contribution in [-0.2, 0) is 5.54 Å². The number of hydrogen-bond acceptors (Lipinski definition) is 2. The van der Waals surface area contributed by atoms with Crippen LogP contribution in [0.1, 0.15) is 19.5 Å². The van der Waals surface area contributed by atoms with E-state index < -0.39 is 5.54 Å². The fraction of sp³-hybridized carbons (Fsp3) is 0.188. The zero-order valence-corrected chi connectivity index (χ0v) is 13.1. The minimum absolute atomic E-state index is 0.425. The van der Waals surface area contributed by atoms with Crippen molar-refractivity contribution in [1.82, 2.24) is 9.55 Å². The van der Waals surface area contributed by atoms with E-state index in [4.69, 9.17) is 5.73 Å². The molecule has 0 fully saturated rings. The van der Waals surface area contributed by atoms with Crippen LogP contribution < -0.4 is 5.73 Å². The van der Waals surface area contributed by atoms with Crippen molar-refractivity contribution >= 4 is 26.7 Å². The molecule has 3 rings (SSSR count). The van der Waals surface area contributed by atoms with E-state index in [1.165, 1.54) is 10.8 Å². The number of imidazole rings is 1. The molecular weight excluding hydrogens is 314 g/mol. The molecule has 0 unspecified atom stereocenters. The van der Waals surface area contributed by atoms with Gasteiger partial charge in [0.25, 0.3) is 0 Å². The van der Waals surface area contributed by atoms with Crippen molar-refractivity contribution < 1.29 is 0 Å². The van der Waals surface area contributed by atoms with Crippen LogP contribution in [0.5, 0.6) is 0 Å². The van der Waals surface area contributed by atoms with E-state index in [0.29, 0.717) is 0 Å². The topological polar surface area (TPSA) is 43.8 Å². The molecule has 0 spiro atoms. The van der Waals surface area contributed by atoms with Gasteiger partial charge < -0.3 is 10.3 Å². The van der Waals surface area contributed by atoms with Crippen LogP contribution in [0.25, 0.3) is 16.5 Å². The Bertz CT molecular complexity index is 769. The van der Waals surface area contributed by atoms with Gasteiger partial charge in [-0.25, -0.2) is 4.98 Å². The highest BCUT2D eigenvalue weighted by molar-refractivity contribution is 9.10. The lowest BCUT2D eigenvalue weighted by Gasteiger charge is -2.20. The monoisotopic (exact) mass is 329 g/mol. The Morgan fingerprint density at radius 3 is 2.55 bits per heavy atom. The smallest absolute Gasteiger partial charge is 0.0994 e. The van der Waals surface area contributed by atoms with Crippen LogP contribution >= 0.6 is 15.9 Å². The van der Waals surface area contributed by atoms with Crippen molar-refractivity contribution in [3.8, 4) is 5.69 Å². The van der Waals surface area contributed by atoms with Gasteiger partial charge in [0.1, 0.15) is 0 Å². The van der Waals surface area contributed by atoms with Crippen LogP contribution in [0.15, 0.2) is 53.4 Å². The maximum absolute atomic E-state index is 6.20. The predicted octanol–water partition coefficient (Wildman–Crippen LogP) is 3.98. The van der Waals surface area contributed by atoms with Crippen molar-refractivity contribution in [2.24, 2.45) is 5.73 Å². The second kappa shape index (κ2) is 4.72. The number of rotatable bonds is 2. The van der Waals surface area contributed by atoms with Gasteiger partial charge in [0.05, 0.1) is 23.8 Å². The third-order valence-corrected chi connectivity index (χ3v) is 3.86. The van der Waals surface area contributed by atoms with Gasteiger partial charge in [0, 0.05) is 10.2 Å². The van der Waals surface area contributed by atoms with Crippen LogP contribution in [0.3, 0.4) is 0 Å². The van der Waals surface area contributed by atoms with Gasteiger partial charge in [-0.3, -0.25) is 0 Å². The van der Waals surface area contributed by atoms with Crippen LogP contribution in [0.2, 0.25) is 0 Å². The molecule has 3 nitrogen and oxygen atoms in total. The van der Waals surface area contributed by atoms with Crippen molar-refractivity contribution in [2.45, 2.75) is 19.4 Å². The maximum Gasteiger partial charge on any atom is 0.0994 e. The summed E-state index contributed by atoms with van der Waals surface area (Å²) in [5.74, 6) is 0. The molecule has 0 radical (unpaired) electrons. The number of benzene rings is 2. The number of nitrogens with two attached hydrogens (primary N) is 1. The van der Waals surface area contributed by atoms with Gasteiger partial charge in [0.2, 0.25) is 0 Å². The first-order valence-corrected chi connectivity index (χ1v) is 7.26. The van der Waals surface area contributed by atoms with E-state index in [0.717, 1.165) is 15.9 Å². The maximum atomic E-state index is 6.20. The van der Waals surface area contributed by atoms with E-state index >= 15 is 0 Å². The summed E-state index contributed by atoms with van der Waals surface area (Å²) in [5, 5.41) is 2.40. The average Bonchev–Trinajstić information content (AvgIpc) is 2.87. The summed E-state index contributed by atoms with van der Waals surface area (Å²) in [6, 6.07) is 12.6. The Balaban J connectivity index is 2.16. The number of halogens is 1. The van der Waals surface area contributed by atoms with Crippen molar-refractivity contribution in [1.29, 1.82) is 0 Å². The van der Waals surface area contributed by atoms with Gasteiger partial charge in [-0.2, -0.15) is 0 Å². The highest BCUT2D eigenvalue weighted by Gasteiger charge is 2.19. The van der Waals surface area contributed by atoms with Gasteiger partial charge >= 0.3 is 0 Å². The Morgan fingerprint density at radius 1 is 1.10 bits per heavy atom. The fourth-order valence-electron chi connectivity index (χ4n) is 2.33. The molecule has 102 valence electrons. The lowest BCUT2D eigenvalue weighted by Crippen LogP contribution is -2.31. The standard InChI is InChI=1S/C16H16BrN3/c1-16(2,18)15-9-19-10-20(15)14-6-4-11-7-13(17)5-3-12(11)8-14/h3-10H,18H2,1-2H3. The number of aromatic nitrogens is 2. The Labute approximate surface area is 126 Å². The second-order valence-electron chi connectivity index (χ2n) is 5.55. The summed E-state index contributed by atoms with van der Waals surface area (Å²) >= 11 is 3.50. The van der Waals surface area contributed by atoms with Gasteiger partial charge in [-0.1, -0.05) is 28.1 Å². The lowest BCUT2D eigenvalue weighted by molar-refractivity contribution is 0.524. The first-order valence-electron chi connectivity index (χ1n) is 6.46. The van der Waals surface area contributed by atoms with Crippen molar-refractivity contribution in [2.75, 3.05) is 0 Å². The molecular formula is C16H16BrN3. The minimum Gasteiger partial charge on any atom is -0.321 e. The molecule has 0 aliphatic heterocycles. The molecule has 0 aliphatic rings. The number of hydrogen-bond donors (Lipinski definition) is 1. The Kier molecular flexibility index (Phi) is 3.15. The van der Waals surface area contributed by atoms with E-state index in [2.05, 4.69) is 51.2 Å². The van der Waals surface area contributed by atoms with E-state index in [-0.39, 0.29) is 0 Å². The summed E-state index contributed by atoms with van der Waals surface area (Å²) in [7, 11) is 0.